The molecule has 5 nitrogen and oxygen atoms in total. The molecule has 5 heteroatoms. The van der Waals surface area contributed by atoms with Crippen LogP contribution in [0.5, 0.6) is 0 Å². The number of rotatable bonds is 7. The van der Waals surface area contributed by atoms with Crippen molar-refractivity contribution in [1.82, 2.24) is 0 Å². The molecule has 0 heterocycles. The zero-order chi connectivity index (χ0) is 15.0. The van der Waals surface area contributed by atoms with E-state index in [1.807, 2.05) is 11.9 Å². The minimum absolute atomic E-state index is 0.189. The molecule has 20 heavy (non-hydrogen) atoms. The summed E-state index contributed by atoms with van der Waals surface area (Å²) in [5.41, 5.74) is 1.37. The van der Waals surface area contributed by atoms with E-state index in [4.69, 9.17) is 11.2 Å². The number of terminal acetylenes is 1. The van der Waals surface area contributed by atoms with Crippen LogP contribution in [0.15, 0.2) is 24.3 Å². The smallest absolute Gasteiger partial charge is 0.337 e. The summed E-state index contributed by atoms with van der Waals surface area (Å²) in [6.45, 7) is 0.783. The number of hydrogen-bond donors (Lipinski definition) is 1. The van der Waals surface area contributed by atoms with Crippen molar-refractivity contribution in [3.05, 3.63) is 29.8 Å². The van der Waals surface area contributed by atoms with Crippen molar-refractivity contribution >= 4 is 11.7 Å². The van der Waals surface area contributed by atoms with Crippen LogP contribution in [0.25, 0.3) is 0 Å². The molecule has 0 radical (unpaired) electrons. The first kappa shape index (κ1) is 16.0. The summed E-state index contributed by atoms with van der Waals surface area (Å²) in [7, 11) is 3.19. The van der Waals surface area contributed by atoms with E-state index in [9.17, 15) is 9.90 Å². The Labute approximate surface area is 119 Å². The monoisotopic (exact) mass is 277 g/mol. The number of aliphatic hydroxyl groups excluding tert-OH is 1. The highest BCUT2D eigenvalue weighted by molar-refractivity contribution is 5.89. The van der Waals surface area contributed by atoms with E-state index in [1.54, 1.807) is 24.3 Å². The van der Waals surface area contributed by atoms with Crippen molar-refractivity contribution in [2.45, 2.75) is 6.10 Å². The van der Waals surface area contributed by atoms with Gasteiger partial charge < -0.3 is 19.5 Å². The predicted octanol–water partition coefficient (Wildman–Crippen LogP) is 0.920. The largest absolute Gasteiger partial charge is 0.465 e. The molecule has 1 aromatic carbocycles. The second-order valence-corrected chi connectivity index (χ2v) is 4.29. The van der Waals surface area contributed by atoms with Gasteiger partial charge in [0.1, 0.15) is 6.61 Å². The first-order valence-corrected chi connectivity index (χ1v) is 6.17. The maximum Gasteiger partial charge on any atom is 0.337 e. The van der Waals surface area contributed by atoms with Crippen molar-refractivity contribution in [1.29, 1.82) is 0 Å². The molecule has 0 saturated heterocycles. The number of carbonyl (C=O) groups is 1. The molecular weight excluding hydrogens is 258 g/mol. The average molecular weight is 277 g/mol. The Morgan fingerprint density at radius 1 is 1.45 bits per heavy atom. The third-order valence-electron chi connectivity index (χ3n) is 2.71. The third-order valence-corrected chi connectivity index (χ3v) is 2.71. The molecule has 1 N–H and O–H groups in total. The number of ether oxygens (including phenoxy) is 2. The van der Waals surface area contributed by atoms with Crippen LogP contribution in [0, 0.1) is 12.3 Å². The number of hydrogen-bond acceptors (Lipinski definition) is 5. The number of aliphatic hydroxyl groups is 1. The van der Waals surface area contributed by atoms with Crippen LogP contribution >= 0.6 is 0 Å². The van der Waals surface area contributed by atoms with Gasteiger partial charge in [0.2, 0.25) is 0 Å². The Kier molecular flexibility index (Phi) is 6.57. The molecule has 0 fully saturated rings. The Morgan fingerprint density at radius 2 is 2.10 bits per heavy atom. The van der Waals surface area contributed by atoms with Crippen LogP contribution in [0.2, 0.25) is 0 Å². The Hall–Kier alpha value is -2.03. The second kappa shape index (κ2) is 8.20. The molecule has 108 valence electrons. The fourth-order valence-corrected chi connectivity index (χ4v) is 1.70. The van der Waals surface area contributed by atoms with E-state index in [0.717, 1.165) is 5.69 Å². The van der Waals surface area contributed by atoms with E-state index in [2.05, 4.69) is 10.7 Å². The number of nitrogens with zero attached hydrogens (tertiary/aromatic N) is 1. The van der Waals surface area contributed by atoms with E-state index in [-0.39, 0.29) is 19.2 Å². The molecule has 0 aliphatic heterocycles. The lowest BCUT2D eigenvalue weighted by Crippen LogP contribution is -2.32. The van der Waals surface area contributed by atoms with Crippen LogP contribution in [-0.2, 0) is 9.47 Å². The summed E-state index contributed by atoms with van der Waals surface area (Å²) >= 11 is 0. The van der Waals surface area contributed by atoms with Crippen molar-refractivity contribution in [3.63, 3.8) is 0 Å². The summed E-state index contributed by atoms with van der Waals surface area (Å²) in [5.74, 6) is 1.97. The number of anilines is 1. The molecule has 0 spiro atoms. The highest BCUT2D eigenvalue weighted by atomic mass is 16.5. The van der Waals surface area contributed by atoms with Gasteiger partial charge in [0, 0.05) is 19.3 Å². The minimum atomic E-state index is -0.631. The number of carbonyl (C=O) groups excluding carboxylic acids is 1. The Morgan fingerprint density at radius 3 is 2.65 bits per heavy atom. The highest BCUT2D eigenvalue weighted by Crippen LogP contribution is 2.14. The maximum absolute atomic E-state index is 11.3. The zero-order valence-corrected chi connectivity index (χ0v) is 11.7. The lowest BCUT2D eigenvalue weighted by atomic mass is 10.2. The van der Waals surface area contributed by atoms with Crippen LogP contribution in [0.4, 0.5) is 5.69 Å². The molecule has 1 unspecified atom stereocenters. The zero-order valence-electron chi connectivity index (χ0n) is 11.7. The predicted molar refractivity (Wildman–Crippen MR) is 76.7 cm³/mol. The van der Waals surface area contributed by atoms with Crippen LogP contribution in [0.1, 0.15) is 10.4 Å². The molecule has 0 bridgehead atoms. The van der Waals surface area contributed by atoms with Crippen molar-refractivity contribution in [2.24, 2.45) is 0 Å². The fourth-order valence-electron chi connectivity index (χ4n) is 1.70. The third kappa shape index (κ3) is 4.92. The summed E-state index contributed by atoms with van der Waals surface area (Å²) in [4.78, 5) is 13.2. The summed E-state index contributed by atoms with van der Waals surface area (Å²) < 4.78 is 9.70. The molecule has 0 amide bonds. The van der Waals surface area contributed by atoms with Gasteiger partial charge in [-0.15, -0.1) is 6.42 Å². The van der Waals surface area contributed by atoms with Crippen LogP contribution in [-0.4, -0.2) is 51.1 Å². The maximum atomic E-state index is 11.3. The van der Waals surface area contributed by atoms with Gasteiger partial charge in [-0.25, -0.2) is 4.79 Å². The lowest BCUT2D eigenvalue weighted by molar-refractivity contribution is 0.0558. The van der Waals surface area contributed by atoms with Gasteiger partial charge in [-0.2, -0.15) is 0 Å². The SMILES string of the molecule is C#CCOCC(O)CN(C)c1ccc(C(=O)OC)cc1. The summed E-state index contributed by atoms with van der Waals surface area (Å²) in [6.07, 6.45) is 4.42. The van der Waals surface area contributed by atoms with Gasteiger partial charge in [0.25, 0.3) is 0 Å². The van der Waals surface area contributed by atoms with Crippen LogP contribution in [0.3, 0.4) is 0 Å². The molecule has 0 saturated carbocycles. The van der Waals surface area contributed by atoms with Crippen molar-refractivity contribution in [3.8, 4) is 12.3 Å². The summed E-state index contributed by atoms with van der Waals surface area (Å²) in [5, 5.41) is 9.78. The lowest BCUT2D eigenvalue weighted by Gasteiger charge is -2.22. The van der Waals surface area contributed by atoms with E-state index >= 15 is 0 Å². The van der Waals surface area contributed by atoms with Gasteiger partial charge in [-0.3, -0.25) is 0 Å². The molecule has 0 aliphatic rings. The Bertz CT molecular complexity index is 464. The second-order valence-electron chi connectivity index (χ2n) is 4.29. The first-order valence-electron chi connectivity index (χ1n) is 6.17. The van der Waals surface area contributed by atoms with E-state index in [1.165, 1.54) is 7.11 Å². The van der Waals surface area contributed by atoms with E-state index in [0.29, 0.717) is 12.1 Å². The van der Waals surface area contributed by atoms with Crippen molar-refractivity contribution < 1.29 is 19.4 Å². The van der Waals surface area contributed by atoms with Gasteiger partial charge >= 0.3 is 5.97 Å². The van der Waals surface area contributed by atoms with E-state index < -0.39 is 6.10 Å². The number of benzene rings is 1. The molecule has 1 atom stereocenters. The molecule has 0 aliphatic carbocycles. The number of methoxy groups -OCH3 is 1. The Balaban J connectivity index is 2.53. The summed E-state index contributed by atoms with van der Waals surface area (Å²) in [6, 6.07) is 6.94. The van der Waals surface area contributed by atoms with Gasteiger partial charge in [0.05, 0.1) is 25.4 Å². The molecular formula is C15H19NO4. The normalized spacial score (nSPS) is 11.5. The van der Waals surface area contributed by atoms with Gasteiger partial charge in [0.15, 0.2) is 0 Å². The van der Waals surface area contributed by atoms with Gasteiger partial charge in [-0.1, -0.05) is 5.92 Å². The van der Waals surface area contributed by atoms with Crippen LogP contribution < -0.4 is 4.90 Å². The highest BCUT2D eigenvalue weighted by Gasteiger charge is 2.10. The number of likely N-dealkylation sites (N-methyl/N-ethyl adjacent to an activating group) is 1. The average Bonchev–Trinajstić information content (AvgIpc) is 2.46. The first-order chi connectivity index (χ1) is 9.58. The van der Waals surface area contributed by atoms with Crippen molar-refractivity contribution in [2.75, 3.05) is 38.8 Å². The quantitative estimate of drug-likeness (QED) is 0.456. The number of esters is 1. The standard InChI is InChI=1S/C15H19NO4/c1-4-9-20-11-14(17)10-16(2)13-7-5-12(6-8-13)15(18)19-3/h1,5-8,14,17H,9-11H2,2-3H3. The molecule has 1 rings (SSSR count). The minimum Gasteiger partial charge on any atom is -0.465 e. The fraction of sp³-hybridized carbons (Fsp3) is 0.400. The molecule has 1 aromatic rings. The molecule has 0 aromatic heterocycles. The van der Waals surface area contributed by atoms with Gasteiger partial charge in [-0.05, 0) is 24.3 Å². The topological polar surface area (TPSA) is 59.0 Å².